The number of rotatable bonds is 6. The quantitative estimate of drug-likeness (QED) is 0.448. The van der Waals surface area contributed by atoms with Gasteiger partial charge in [-0.15, -0.1) is 0 Å². The van der Waals surface area contributed by atoms with Crippen molar-refractivity contribution in [2.75, 3.05) is 0 Å². The van der Waals surface area contributed by atoms with E-state index in [4.69, 9.17) is 4.53 Å². The minimum Gasteiger partial charge on any atom is -0.333 e. The molecule has 2 atom stereocenters. The lowest BCUT2D eigenvalue weighted by Crippen LogP contribution is -2.68. The van der Waals surface area contributed by atoms with Crippen LogP contribution >= 0.6 is 0 Å². The Kier molecular flexibility index (Phi) is 6.32. The highest BCUT2D eigenvalue weighted by Crippen LogP contribution is 2.37. The normalized spacial score (nSPS) is 19.2. The van der Waals surface area contributed by atoms with Crippen LogP contribution in [-0.4, -0.2) is 23.9 Å². The molecule has 6 nitrogen and oxygen atoms in total. The van der Waals surface area contributed by atoms with E-state index in [1.807, 2.05) is 12.1 Å². The van der Waals surface area contributed by atoms with E-state index in [9.17, 15) is 9.59 Å². The smallest absolute Gasteiger partial charge is 0.328 e. The summed E-state index contributed by atoms with van der Waals surface area (Å²) in [6, 6.07) is 22.6. The maximum Gasteiger partial charge on any atom is 0.328 e. The predicted octanol–water partition coefficient (Wildman–Crippen LogP) is 2.71. The van der Waals surface area contributed by atoms with Crippen LogP contribution in [0.15, 0.2) is 82.5 Å². The van der Waals surface area contributed by atoms with Crippen molar-refractivity contribution in [2.24, 2.45) is 0 Å². The molecule has 0 unspecified atom stereocenters. The van der Waals surface area contributed by atoms with E-state index in [0.29, 0.717) is 0 Å². The molecule has 0 spiro atoms. The van der Waals surface area contributed by atoms with Gasteiger partial charge in [-0.1, -0.05) is 81.4 Å². The number of aromatic nitrogens is 2. The van der Waals surface area contributed by atoms with Crippen LogP contribution in [-0.2, 0) is 4.53 Å². The highest BCUT2D eigenvalue weighted by molar-refractivity contribution is 6.99. The summed E-state index contributed by atoms with van der Waals surface area (Å²) in [6.45, 7) is 6.74. The summed E-state index contributed by atoms with van der Waals surface area (Å²) in [4.78, 5) is 26.0. The Morgan fingerprint density at radius 2 is 1.53 bits per heavy atom. The van der Waals surface area contributed by atoms with E-state index < -0.39 is 8.32 Å². The molecule has 32 heavy (non-hydrogen) atoms. The van der Waals surface area contributed by atoms with Gasteiger partial charge < -0.3 is 4.53 Å². The van der Waals surface area contributed by atoms with E-state index in [2.05, 4.69) is 79.8 Å². The third-order valence-electron chi connectivity index (χ3n) is 6.44. The van der Waals surface area contributed by atoms with Gasteiger partial charge in [0.15, 0.2) is 0 Å². The zero-order valence-electron chi connectivity index (χ0n) is 18.9. The van der Waals surface area contributed by atoms with Crippen LogP contribution in [0.2, 0.25) is 5.04 Å². The molecule has 0 radical (unpaired) electrons. The molecule has 7 heteroatoms. The Morgan fingerprint density at radius 3 is 2.06 bits per heavy atom. The van der Waals surface area contributed by atoms with Crippen molar-refractivity contribution in [3.8, 4) is 0 Å². The van der Waals surface area contributed by atoms with Crippen molar-refractivity contribution >= 4 is 18.7 Å². The SMILES string of the molecule is CC(C)(C)[Si](ON[C@@H]1CC[C@H](n2ccc(=O)[nH]c2=O)C1)(c1ccccc1)c1ccccc1. The summed E-state index contributed by atoms with van der Waals surface area (Å²) in [5, 5.41) is 2.33. The summed E-state index contributed by atoms with van der Waals surface area (Å²) < 4.78 is 8.46. The second-order valence-electron chi connectivity index (χ2n) is 9.56. The maximum atomic E-state index is 12.2. The molecule has 4 rings (SSSR count). The minimum atomic E-state index is -2.66. The summed E-state index contributed by atoms with van der Waals surface area (Å²) >= 11 is 0. The van der Waals surface area contributed by atoms with Crippen LogP contribution in [0.4, 0.5) is 0 Å². The first-order chi connectivity index (χ1) is 15.3. The molecule has 2 N–H and O–H groups in total. The standard InChI is InChI=1S/C25H31N3O3Si/c1-25(2,3)32(21-10-6-4-7-11-21,22-12-8-5-9-13-22)31-27-19-14-15-20(18-19)28-17-16-23(29)26-24(28)30/h4-13,16-17,19-20,27H,14-15,18H2,1-3H3,(H,26,29,30)/t19-,20+/m1/s1. The third-order valence-corrected chi connectivity index (χ3v) is 11.3. The fourth-order valence-electron chi connectivity index (χ4n) is 4.85. The van der Waals surface area contributed by atoms with Crippen molar-refractivity contribution in [3.05, 3.63) is 93.8 Å². The van der Waals surface area contributed by atoms with Gasteiger partial charge in [0.05, 0.1) is 0 Å². The van der Waals surface area contributed by atoms with Crippen LogP contribution in [0, 0.1) is 0 Å². The first-order valence-corrected chi connectivity index (χ1v) is 13.1. The van der Waals surface area contributed by atoms with Gasteiger partial charge in [0.25, 0.3) is 13.9 Å². The number of benzene rings is 2. The fourth-order valence-corrected chi connectivity index (χ4v) is 9.13. The van der Waals surface area contributed by atoms with E-state index >= 15 is 0 Å². The van der Waals surface area contributed by atoms with E-state index in [1.54, 1.807) is 10.8 Å². The number of nitrogens with one attached hydrogen (secondary N) is 2. The molecule has 0 aliphatic heterocycles. The zero-order chi connectivity index (χ0) is 22.8. The third kappa shape index (κ3) is 4.28. The van der Waals surface area contributed by atoms with Crippen LogP contribution < -0.4 is 27.1 Å². The van der Waals surface area contributed by atoms with Gasteiger partial charge in [0.2, 0.25) is 0 Å². The summed E-state index contributed by atoms with van der Waals surface area (Å²) in [6.07, 6.45) is 4.11. The summed E-state index contributed by atoms with van der Waals surface area (Å²) in [7, 11) is -2.66. The van der Waals surface area contributed by atoms with Crippen molar-refractivity contribution in [1.82, 2.24) is 15.0 Å². The van der Waals surface area contributed by atoms with E-state index in [0.717, 1.165) is 19.3 Å². The molecule has 1 heterocycles. The lowest BCUT2D eigenvalue weighted by Gasteiger charge is -2.43. The average Bonchev–Trinajstić information content (AvgIpc) is 3.23. The molecular formula is C25H31N3O3Si. The van der Waals surface area contributed by atoms with Gasteiger partial charge in [-0.2, -0.15) is 0 Å². The maximum absolute atomic E-state index is 12.2. The van der Waals surface area contributed by atoms with Gasteiger partial charge in [-0.25, -0.2) is 10.3 Å². The monoisotopic (exact) mass is 449 g/mol. The molecule has 1 saturated carbocycles. The average molecular weight is 450 g/mol. The first kappa shape index (κ1) is 22.5. The topological polar surface area (TPSA) is 76.1 Å². The molecule has 168 valence electrons. The highest BCUT2D eigenvalue weighted by Gasteiger charge is 2.51. The molecule has 0 amide bonds. The second kappa shape index (κ2) is 9.01. The lowest BCUT2D eigenvalue weighted by atomic mass is 10.2. The molecule has 0 saturated heterocycles. The molecule has 1 aliphatic carbocycles. The second-order valence-corrected chi connectivity index (χ2v) is 13.8. The molecule has 1 aliphatic rings. The fraction of sp³-hybridized carbons (Fsp3) is 0.360. The number of hydroxylamine groups is 1. The van der Waals surface area contributed by atoms with Crippen molar-refractivity contribution in [1.29, 1.82) is 0 Å². The van der Waals surface area contributed by atoms with Crippen molar-refractivity contribution < 1.29 is 4.53 Å². The molecular weight excluding hydrogens is 418 g/mol. The zero-order valence-corrected chi connectivity index (χ0v) is 19.9. The Hall–Kier alpha value is -2.74. The molecule has 1 fully saturated rings. The van der Waals surface area contributed by atoms with Gasteiger partial charge in [-0.3, -0.25) is 14.3 Å². The largest absolute Gasteiger partial charge is 0.333 e. The number of hydrogen-bond acceptors (Lipinski definition) is 4. The molecule has 3 aromatic rings. The van der Waals surface area contributed by atoms with Crippen molar-refractivity contribution in [2.45, 2.75) is 57.2 Å². The Bertz CT molecular complexity index is 1110. The Morgan fingerprint density at radius 1 is 0.938 bits per heavy atom. The van der Waals surface area contributed by atoms with Gasteiger partial charge >= 0.3 is 5.69 Å². The molecule has 1 aromatic heterocycles. The van der Waals surface area contributed by atoms with Crippen LogP contribution in [0.5, 0.6) is 0 Å². The van der Waals surface area contributed by atoms with Crippen LogP contribution in [0.3, 0.4) is 0 Å². The molecule has 0 bridgehead atoms. The minimum absolute atomic E-state index is 0.0413. The molecule has 2 aromatic carbocycles. The van der Waals surface area contributed by atoms with Gasteiger partial charge in [0.1, 0.15) is 0 Å². The number of nitrogens with zero attached hydrogens (tertiary/aromatic N) is 1. The number of H-pyrrole nitrogens is 1. The predicted molar refractivity (Wildman–Crippen MR) is 130 cm³/mol. The Balaban J connectivity index is 1.62. The number of aromatic amines is 1. The van der Waals surface area contributed by atoms with Gasteiger partial charge in [-0.05, 0) is 34.7 Å². The Labute approximate surface area is 189 Å². The number of hydrogen-bond donors (Lipinski definition) is 2. The van der Waals surface area contributed by atoms with Crippen LogP contribution in [0.1, 0.15) is 46.1 Å². The van der Waals surface area contributed by atoms with Crippen LogP contribution in [0.25, 0.3) is 0 Å². The summed E-state index contributed by atoms with van der Waals surface area (Å²) in [5.74, 6) is 0. The van der Waals surface area contributed by atoms with E-state index in [-0.39, 0.29) is 28.4 Å². The summed E-state index contributed by atoms with van der Waals surface area (Å²) in [5.41, 5.74) is 2.71. The van der Waals surface area contributed by atoms with Crippen molar-refractivity contribution in [3.63, 3.8) is 0 Å². The van der Waals surface area contributed by atoms with E-state index in [1.165, 1.54) is 16.4 Å². The van der Waals surface area contributed by atoms with Gasteiger partial charge in [0, 0.05) is 24.3 Å². The highest BCUT2D eigenvalue weighted by atomic mass is 28.4. The lowest BCUT2D eigenvalue weighted by molar-refractivity contribution is 0.141. The first-order valence-electron chi connectivity index (χ1n) is 11.2.